The molecule has 3 rings (SSSR count). The number of benzene rings is 1. The minimum Gasteiger partial charge on any atom is -0.452 e. The van der Waals surface area contributed by atoms with Crippen molar-refractivity contribution in [3.05, 3.63) is 46.3 Å². The average Bonchev–Trinajstić information content (AvgIpc) is 2.96. The van der Waals surface area contributed by atoms with Gasteiger partial charge in [-0.15, -0.1) is 11.3 Å². The van der Waals surface area contributed by atoms with E-state index in [-0.39, 0.29) is 6.04 Å². The molecule has 18 heavy (non-hydrogen) atoms. The molecule has 0 bridgehead atoms. The lowest BCUT2D eigenvalue weighted by molar-refractivity contribution is 0.471. The Balaban J connectivity index is 1.83. The Hall–Kier alpha value is -1.33. The Morgan fingerprint density at radius 2 is 2.22 bits per heavy atom. The SMILES string of the molecule is CC(Nc1ccc2ncsc2c1)c1ccc(Br)o1. The van der Waals surface area contributed by atoms with Crippen molar-refractivity contribution < 1.29 is 4.42 Å². The Morgan fingerprint density at radius 3 is 3.00 bits per heavy atom. The van der Waals surface area contributed by atoms with Crippen LogP contribution in [0, 0.1) is 0 Å². The Bertz CT molecular complexity index is 676. The van der Waals surface area contributed by atoms with E-state index in [2.05, 4.69) is 39.2 Å². The van der Waals surface area contributed by atoms with E-state index >= 15 is 0 Å². The number of rotatable bonds is 3. The van der Waals surface area contributed by atoms with Crippen molar-refractivity contribution in [3.63, 3.8) is 0 Å². The minimum atomic E-state index is 0.127. The van der Waals surface area contributed by atoms with Crippen molar-refractivity contribution in [3.8, 4) is 0 Å². The summed E-state index contributed by atoms with van der Waals surface area (Å²) in [5, 5.41) is 3.42. The summed E-state index contributed by atoms with van der Waals surface area (Å²) in [4.78, 5) is 4.27. The molecule has 0 fully saturated rings. The molecule has 0 radical (unpaired) electrons. The first kappa shape index (κ1) is 11.7. The minimum absolute atomic E-state index is 0.127. The number of anilines is 1. The number of furan rings is 1. The fourth-order valence-corrected chi connectivity index (χ4v) is 2.86. The van der Waals surface area contributed by atoms with Crippen LogP contribution in [-0.4, -0.2) is 4.98 Å². The van der Waals surface area contributed by atoms with Gasteiger partial charge in [-0.1, -0.05) is 0 Å². The van der Waals surface area contributed by atoms with E-state index in [4.69, 9.17) is 4.42 Å². The van der Waals surface area contributed by atoms with Crippen molar-refractivity contribution in [2.45, 2.75) is 13.0 Å². The molecular formula is C13H11BrN2OS. The topological polar surface area (TPSA) is 38.1 Å². The van der Waals surface area contributed by atoms with Crippen molar-refractivity contribution in [2.75, 3.05) is 5.32 Å². The standard InChI is InChI=1S/C13H11BrN2OS/c1-8(11-4-5-13(14)17-11)16-9-2-3-10-12(6-9)18-7-15-10/h2-8,16H,1H3. The van der Waals surface area contributed by atoms with Crippen LogP contribution in [0.2, 0.25) is 0 Å². The fourth-order valence-electron chi connectivity index (χ4n) is 1.83. The highest BCUT2D eigenvalue weighted by molar-refractivity contribution is 9.10. The Kier molecular flexibility index (Phi) is 3.09. The van der Waals surface area contributed by atoms with Crippen LogP contribution < -0.4 is 5.32 Å². The fraction of sp³-hybridized carbons (Fsp3) is 0.154. The van der Waals surface area contributed by atoms with Crippen LogP contribution in [0.3, 0.4) is 0 Å². The molecule has 92 valence electrons. The lowest BCUT2D eigenvalue weighted by Crippen LogP contribution is -2.05. The molecule has 1 aromatic carbocycles. The van der Waals surface area contributed by atoms with Crippen LogP contribution in [0.4, 0.5) is 5.69 Å². The molecule has 3 nitrogen and oxygen atoms in total. The maximum atomic E-state index is 5.53. The number of halogens is 1. The number of nitrogens with one attached hydrogen (secondary N) is 1. The molecule has 0 aliphatic rings. The van der Waals surface area contributed by atoms with Gasteiger partial charge in [0, 0.05) is 5.69 Å². The second-order valence-electron chi connectivity index (χ2n) is 4.04. The molecule has 1 atom stereocenters. The molecular weight excluding hydrogens is 312 g/mol. The Labute approximate surface area is 117 Å². The zero-order valence-corrected chi connectivity index (χ0v) is 12.1. The van der Waals surface area contributed by atoms with Crippen molar-refractivity contribution >= 4 is 43.2 Å². The van der Waals surface area contributed by atoms with Crippen LogP contribution in [0.25, 0.3) is 10.2 Å². The predicted octanol–water partition coefficient (Wildman–Crippen LogP) is 4.82. The predicted molar refractivity (Wildman–Crippen MR) is 78.1 cm³/mol. The molecule has 1 unspecified atom stereocenters. The van der Waals surface area contributed by atoms with E-state index < -0.39 is 0 Å². The zero-order valence-electron chi connectivity index (χ0n) is 9.68. The molecule has 2 heterocycles. The van der Waals surface area contributed by atoms with Crippen LogP contribution >= 0.6 is 27.3 Å². The molecule has 1 N–H and O–H groups in total. The average molecular weight is 323 g/mol. The summed E-state index contributed by atoms with van der Waals surface area (Å²) >= 11 is 4.96. The third kappa shape index (κ3) is 2.28. The van der Waals surface area contributed by atoms with Gasteiger partial charge in [-0.3, -0.25) is 0 Å². The summed E-state index contributed by atoms with van der Waals surface area (Å²) in [6.07, 6.45) is 0. The summed E-state index contributed by atoms with van der Waals surface area (Å²) in [6.45, 7) is 2.07. The number of aromatic nitrogens is 1. The first-order chi connectivity index (χ1) is 8.72. The smallest absolute Gasteiger partial charge is 0.169 e. The molecule has 0 saturated heterocycles. The van der Waals surface area contributed by atoms with Gasteiger partial charge in [0.1, 0.15) is 5.76 Å². The van der Waals surface area contributed by atoms with Gasteiger partial charge in [0.05, 0.1) is 21.8 Å². The van der Waals surface area contributed by atoms with E-state index in [1.54, 1.807) is 11.3 Å². The highest BCUT2D eigenvalue weighted by atomic mass is 79.9. The maximum absolute atomic E-state index is 5.53. The van der Waals surface area contributed by atoms with Crippen molar-refractivity contribution in [1.29, 1.82) is 0 Å². The monoisotopic (exact) mass is 322 g/mol. The van der Waals surface area contributed by atoms with Gasteiger partial charge in [0.15, 0.2) is 4.67 Å². The lowest BCUT2D eigenvalue weighted by Gasteiger charge is -2.12. The van der Waals surface area contributed by atoms with Gasteiger partial charge in [0.25, 0.3) is 0 Å². The zero-order chi connectivity index (χ0) is 12.5. The van der Waals surface area contributed by atoms with Gasteiger partial charge >= 0.3 is 0 Å². The number of nitrogens with zero attached hydrogens (tertiary/aromatic N) is 1. The number of fused-ring (bicyclic) bond motifs is 1. The molecule has 3 aromatic rings. The van der Waals surface area contributed by atoms with E-state index in [1.807, 2.05) is 29.8 Å². The summed E-state index contributed by atoms with van der Waals surface area (Å²) in [5.41, 5.74) is 3.98. The third-order valence-electron chi connectivity index (χ3n) is 2.74. The van der Waals surface area contributed by atoms with E-state index in [0.29, 0.717) is 0 Å². The van der Waals surface area contributed by atoms with E-state index in [0.717, 1.165) is 21.6 Å². The second kappa shape index (κ2) is 4.74. The van der Waals surface area contributed by atoms with E-state index in [9.17, 15) is 0 Å². The molecule has 0 aliphatic heterocycles. The van der Waals surface area contributed by atoms with Gasteiger partial charge in [-0.05, 0) is 53.2 Å². The quantitative estimate of drug-likeness (QED) is 0.750. The van der Waals surface area contributed by atoms with Crippen LogP contribution in [0.1, 0.15) is 18.7 Å². The molecule has 0 saturated carbocycles. The van der Waals surface area contributed by atoms with Crippen molar-refractivity contribution in [1.82, 2.24) is 4.98 Å². The highest BCUT2D eigenvalue weighted by Gasteiger charge is 2.10. The normalized spacial score (nSPS) is 12.8. The molecule has 5 heteroatoms. The van der Waals surface area contributed by atoms with Crippen molar-refractivity contribution in [2.24, 2.45) is 0 Å². The van der Waals surface area contributed by atoms with Crippen LogP contribution in [0.5, 0.6) is 0 Å². The summed E-state index contributed by atoms with van der Waals surface area (Å²) in [6, 6.07) is 10.2. The first-order valence-corrected chi connectivity index (χ1v) is 7.24. The summed E-state index contributed by atoms with van der Waals surface area (Å²) in [5.74, 6) is 0.909. The Morgan fingerprint density at radius 1 is 1.33 bits per heavy atom. The van der Waals surface area contributed by atoms with E-state index in [1.165, 1.54) is 4.70 Å². The molecule has 0 amide bonds. The van der Waals surface area contributed by atoms with Gasteiger partial charge < -0.3 is 9.73 Å². The van der Waals surface area contributed by atoms with Gasteiger partial charge in [-0.25, -0.2) is 4.98 Å². The molecule has 0 aliphatic carbocycles. The summed E-state index contributed by atoms with van der Waals surface area (Å²) in [7, 11) is 0. The van der Waals surface area contributed by atoms with Gasteiger partial charge in [-0.2, -0.15) is 0 Å². The van der Waals surface area contributed by atoms with Crippen LogP contribution in [0.15, 0.2) is 44.9 Å². The lowest BCUT2D eigenvalue weighted by atomic mass is 10.2. The second-order valence-corrected chi connectivity index (χ2v) is 5.71. The summed E-state index contributed by atoms with van der Waals surface area (Å²) < 4.78 is 7.48. The van der Waals surface area contributed by atoms with Gasteiger partial charge in [0.2, 0.25) is 0 Å². The molecule has 2 aromatic heterocycles. The van der Waals surface area contributed by atoms with Crippen LogP contribution in [-0.2, 0) is 0 Å². The largest absolute Gasteiger partial charge is 0.452 e. The third-order valence-corrected chi connectivity index (χ3v) is 3.95. The molecule has 0 spiro atoms. The first-order valence-electron chi connectivity index (χ1n) is 5.57. The number of hydrogen-bond acceptors (Lipinski definition) is 4. The maximum Gasteiger partial charge on any atom is 0.169 e. The number of hydrogen-bond donors (Lipinski definition) is 1. The highest BCUT2D eigenvalue weighted by Crippen LogP contribution is 2.26. The number of thiazole rings is 1.